The van der Waals surface area contributed by atoms with Gasteiger partial charge in [0.1, 0.15) is 0 Å². The quantitative estimate of drug-likeness (QED) is 0.244. The van der Waals surface area contributed by atoms with Crippen LogP contribution in [-0.2, 0) is 9.59 Å². The van der Waals surface area contributed by atoms with Gasteiger partial charge in [-0.25, -0.2) is 0 Å². The van der Waals surface area contributed by atoms with E-state index in [1.807, 2.05) is 6.92 Å². The number of rotatable bonds is 15. The summed E-state index contributed by atoms with van der Waals surface area (Å²) in [5.41, 5.74) is 2.70. The van der Waals surface area contributed by atoms with Gasteiger partial charge >= 0.3 is 0 Å². The van der Waals surface area contributed by atoms with Gasteiger partial charge in [0, 0.05) is 22.3 Å². The Morgan fingerprint density at radius 2 is 0.903 bits per heavy atom. The van der Waals surface area contributed by atoms with Gasteiger partial charge in [-0.05, 0) is 57.3 Å². The molecule has 3 atom stereocenters. The van der Waals surface area contributed by atoms with Crippen molar-refractivity contribution in [3.8, 4) is 0 Å². The van der Waals surface area contributed by atoms with Crippen molar-refractivity contribution >= 4 is 11.6 Å². The Morgan fingerprint density at radius 3 is 1.35 bits per heavy atom. The Hall–Kier alpha value is -1.18. The molecule has 1 aliphatic carbocycles. The van der Waals surface area contributed by atoms with Gasteiger partial charge in [-0.3, -0.25) is 9.59 Å². The Bertz CT molecular complexity index is 650. The molecule has 2 heteroatoms. The number of carbonyl (C=O) groups excluding carboxylic acids is 2. The standard InChI is InChI=1S/C29H50O2/c1-20(2)12-9-13-21(3)14-10-15-22(4)16-11-17-23(5)18-19-27-26(8)28(30)24(6)25(7)29(27)31/h20-23H,9-19H2,1-8H3/t21?,22-,23-/m0/s1. The second-order valence-electron chi connectivity index (χ2n) is 11.1. The molecule has 31 heavy (non-hydrogen) atoms. The second kappa shape index (κ2) is 14.1. The van der Waals surface area contributed by atoms with E-state index in [2.05, 4.69) is 34.6 Å². The fraction of sp³-hybridized carbons (Fsp3) is 0.793. The summed E-state index contributed by atoms with van der Waals surface area (Å²) in [6.07, 6.45) is 13.8. The van der Waals surface area contributed by atoms with E-state index in [1.165, 1.54) is 57.8 Å². The predicted molar refractivity (Wildman–Crippen MR) is 134 cm³/mol. The molecule has 0 saturated carbocycles. The monoisotopic (exact) mass is 430 g/mol. The zero-order chi connectivity index (χ0) is 23.6. The molecule has 0 fully saturated rings. The lowest BCUT2D eigenvalue weighted by Crippen LogP contribution is -2.21. The van der Waals surface area contributed by atoms with Gasteiger partial charge < -0.3 is 0 Å². The third-order valence-electron chi connectivity index (χ3n) is 7.46. The minimum atomic E-state index is 0.0582. The number of Topliss-reactive ketones (excluding diaryl/α,β-unsaturated/α-hetero) is 2. The van der Waals surface area contributed by atoms with E-state index in [9.17, 15) is 9.59 Å². The zero-order valence-electron chi connectivity index (χ0n) is 21.9. The van der Waals surface area contributed by atoms with Crippen LogP contribution >= 0.6 is 0 Å². The van der Waals surface area contributed by atoms with Crippen molar-refractivity contribution in [3.05, 3.63) is 22.3 Å². The van der Waals surface area contributed by atoms with E-state index in [4.69, 9.17) is 0 Å². The average molecular weight is 431 g/mol. The smallest absolute Gasteiger partial charge is 0.185 e. The van der Waals surface area contributed by atoms with E-state index in [1.54, 1.807) is 13.8 Å². The molecule has 178 valence electrons. The summed E-state index contributed by atoms with van der Waals surface area (Å²) in [5.74, 6) is 3.28. The summed E-state index contributed by atoms with van der Waals surface area (Å²) in [4.78, 5) is 24.9. The summed E-state index contributed by atoms with van der Waals surface area (Å²) in [6.45, 7) is 17.2. The number of allylic oxidation sites excluding steroid dienone is 4. The van der Waals surface area contributed by atoms with E-state index in [-0.39, 0.29) is 11.6 Å². The number of hydrogen-bond donors (Lipinski definition) is 0. The van der Waals surface area contributed by atoms with Crippen LogP contribution in [0.15, 0.2) is 22.3 Å². The van der Waals surface area contributed by atoms with Gasteiger partial charge in [0.15, 0.2) is 11.6 Å². The van der Waals surface area contributed by atoms with Crippen LogP contribution in [0.25, 0.3) is 0 Å². The van der Waals surface area contributed by atoms with Crippen molar-refractivity contribution in [2.45, 2.75) is 126 Å². The summed E-state index contributed by atoms with van der Waals surface area (Å²) in [6, 6.07) is 0. The lowest BCUT2D eigenvalue weighted by molar-refractivity contribution is -0.116. The maximum absolute atomic E-state index is 12.6. The summed E-state index contributed by atoms with van der Waals surface area (Å²) >= 11 is 0. The molecule has 0 aromatic heterocycles. The normalized spacial score (nSPS) is 18.2. The first-order valence-corrected chi connectivity index (χ1v) is 13.0. The Kier molecular flexibility index (Phi) is 12.6. The van der Waals surface area contributed by atoms with Gasteiger partial charge in [-0.1, -0.05) is 92.4 Å². The van der Waals surface area contributed by atoms with Crippen LogP contribution in [0.4, 0.5) is 0 Å². The lowest BCUT2D eigenvalue weighted by atomic mass is 9.82. The highest BCUT2D eigenvalue weighted by Crippen LogP contribution is 2.29. The van der Waals surface area contributed by atoms with Crippen molar-refractivity contribution in [2.75, 3.05) is 0 Å². The fourth-order valence-corrected chi connectivity index (χ4v) is 4.78. The Balaban J connectivity index is 2.22. The summed E-state index contributed by atoms with van der Waals surface area (Å²) in [7, 11) is 0. The van der Waals surface area contributed by atoms with Crippen LogP contribution in [-0.4, -0.2) is 11.6 Å². The molecule has 0 heterocycles. The van der Waals surface area contributed by atoms with E-state index >= 15 is 0 Å². The third kappa shape index (κ3) is 9.87. The third-order valence-corrected chi connectivity index (χ3v) is 7.46. The first-order valence-electron chi connectivity index (χ1n) is 13.0. The molecule has 0 aromatic carbocycles. The van der Waals surface area contributed by atoms with Crippen molar-refractivity contribution < 1.29 is 9.59 Å². The molecule has 0 aromatic rings. The lowest BCUT2D eigenvalue weighted by Gasteiger charge is -2.20. The first-order chi connectivity index (χ1) is 14.5. The number of carbonyl (C=O) groups is 2. The average Bonchev–Trinajstić information content (AvgIpc) is 2.70. The predicted octanol–water partition coefficient (Wildman–Crippen LogP) is 8.65. The first kappa shape index (κ1) is 27.9. The molecule has 1 rings (SSSR count). The van der Waals surface area contributed by atoms with Crippen molar-refractivity contribution in [1.82, 2.24) is 0 Å². The van der Waals surface area contributed by atoms with Crippen molar-refractivity contribution in [1.29, 1.82) is 0 Å². The van der Waals surface area contributed by atoms with Crippen LogP contribution in [0.1, 0.15) is 126 Å². The highest BCUT2D eigenvalue weighted by molar-refractivity contribution is 6.24. The van der Waals surface area contributed by atoms with Crippen LogP contribution in [0, 0.1) is 23.7 Å². The van der Waals surface area contributed by atoms with Gasteiger partial charge in [-0.15, -0.1) is 0 Å². The van der Waals surface area contributed by atoms with E-state index < -0.39 is 0 Å². The Morgan fingerprint density at radius 1 is 0.516 bits per heavy atom. The summed E-state index contributed by atoms with van der Waals surface area (Å²) < 4.78 is 0. The minimum Gasteiger partial charge on any atom is -0.289 e. The van der Waals surface area contributed by atoms with Gasteiger partial charge in [0.25, 0.3) is 0 Å². The Labute approximate surface area is 193 Å². The zero-order valence-corrected chi connectivity index (χ0v) is 21.9. The molecular weight excluding hydrogens is 380 g/mol. The highest BCUT2D eigenvalue weighted by atomic mass is 16.1. The van der Waals surface area contributed by atoms with Crippen molar-refractivity contribution in [2.24, 2.45) is 23.7 Å². The maximum Gasteiger partial charge on any atom is 0.185 e. The molecule has 1 unspecified atom stereocenters. The highest BCUT2D eigenvalue weighted by Gasteiger charge is 2.27. The minimum absolute atomic E-state index is 0.0582. The largest absolute Gasteiger partial charge is 0.289 e. The molecule has 0 radical (unpaired) electrons. The molecule has 2 nitrogen and oxygen atoms in total. The molecule has 0 bridgehead atoms. The summed E-state index contributed by atoms with van der Waals surface area (Å²) in [5, 5.41) is 0. The van der Waals surface area contributed by atoms with E-state index in [0.29, 0.717) is 22.6 Å². The van der Waals surface area contributed by atoms with Gasteiger partial charge in [0.05, 0.1) is 0 Å². The number of ketones is 2. The van der Waals surface area contributed by atoms with Crippen LogP contribution < -0.4 is 0 Å². The van der Waals surface area contributed by atoms with E-state index in [0.717, 1.165) is 36.2 Å². The van der Waals surface area contributed by atoms with Crippen LogP contribution in [0.2, 0.25) is 0 Å². The van der Waals surface area contributed by atoms with Crippen LogP contribution in [0.5, 0.6) is 0 Å². The molecule has 0 aliphatic heterocycles. The molecule has 0 amide bonds. The topological polar surface area (TPSA) is 34.1 Å². The van der Waals surface area contributed by atoms with Crippen molar-refractivity contribution in [3.63, 3.8) is 0 Å². The maximum atomic E-state index is 12.6. The molecule has 1 aliphatic rings. The second-order valence-corrected chi connectivity index (χ2v) is 11.1. The molecule has 0 N–H and O–H groups in total. The van der Waals surface area contributed by atoms with Crippen LogP contribution in [0.3, 0.4) is 0 Å². The van der Waals surface area contributed by atoms with Gasteiger partial charge in [-0.2, -0.15) is 0 Å². The molecular formula is C29H50O2. The fourth-order valence-electron chi connectivity index (χ4n) is 4.78. The molecule has 0 saturated heterocycles. The van der Waals surface area contributed by atoms with Gasteiger partial charge in [0.2, 0.25) is 0 Å². The SMILES string of the molecule is CC1=C(C)C(=O)C(CC[C@@H](C)CCC[C@@H](C)CCCC(C)CCCC(C)C)=C(C)C1=O. The molecule has 0 spiro atoms. The number of hydrogen-bond acceptors (Lipinski definition) is 2.